The van der Waals surface area contributed by atoms with Crippen LogP contribution in [0.25, 0.3) is 5.57 Å². The zero-order valence-electron chi connectivity index (χ0n) is 11.6. The molecule has 0 heterocycles. The summed E-state index contributed by atoms with van der Waals surface area (Å²) in [5.74, 6) is -3.80. The van der Waals surface area contributed by atoms with E-state index in [2.05, 4.69) is 15.9 Å². The third-order valence-corrected chi connectivity index (χ3v) is 4.29. The molecule has 0 N–H and O–H groups in total. The number of hydrogen-bond acceptors (Lipinski definition) is 1. The van der Waals surface area contributed by atoms with Gasteiger partial charge in [-0.3, -0.25) is 0 Å². The summed E-state index contributed by atoms with van der Waals surface area (Å²) in [5.41, 5.74) is 0.295. The van der Waals surface area contributed by atoms with E-state index in [-0.39, 0.29) is 17.7 Å². The van der Waals surface area contributed by atoms with Gasteiger partial charge in [0, 0.05) is 12.2 Å². The molecule has 5 heteroatoms. The normalized spacial score (nSPS) is 24.0. The van der Waals surface area contributed by atoms with Crippen molar-refractivity contribution >= 4 is 21.5 Å². The van der Waals surface area contributed by atoms with E-state index in [1.54, 1.807) is 6.07 Å². The molecule has 1 atom stereocenters. The van der Waals surface area contributed by atoms with E-state index < -0.39 is 16.3 Å². The van der Waals surface area contributed by atoms with Crippen molar-refractivity contribution in [2.24, 2.45) is 0 Å². The van der Waals surface area contributed by atoms with Gasteiger partial charge in [0.05, 0.1) is 0 Å². The smallest absolute Gasteiger partial charge is 0.309 e. The van der Waals surface area contributed by atoms with Crippen LogP contribution in [0.1, 0.15) is 25.3 Å². The number of halogens is 4. The van der Waals surface area contributed by atoms with Crippen molar-refractivity contribution in [3.8, 4) is 0 Å². The van der Waals surface area contributed by atoms with Crippen molar-refractivity contribution in [3.05, 3.63) is 53.9 Å². The van der Waals surface area contributed by atoms with Gasteiger partial charge in [-0.15, -0.1) is 0 Å². The lowest BCUT2D eigenvalue weighted by atomic mass is 9.95. The lowest BCUT2D eigenvalue weighted by Crippen LogP contribution is -2.44. The number of hydrogen-bond donors (Lipinski definition) is 0. The predicted molar refractivity (Wildman–Crippen MR) is 81.0 cm³/mol. The van der Waals surface area contributed by atoms with Crippen molar-refractivity contribution in [2.75, 3.05) is 6.61 Å². The molecule has 1 unspecified atom stereocenters. The van der Waals surface area contributed by atoms with Crippen LogP contribution in [0.15, 0.2) is 42.5 Å². The molecule has 1 aliphatic rings. The van der Waals surface area contributed by atoms with Crippen LogP contribution >= 0.6 is 15.9 Å². The second-order valence-electron chi connectivity index (χ2n) is 4.88. The fraction of sp³-hybridized carbons (Fsp3) is 0.375. The lowest BCUT2D eigenvalue weighted by Gasteiger charge is -2.34. The van der Waals surface area contributed by atoms with E-state index in [0.717, 1.165) is 12.5 Å². The Balaban J connectivity index is 2.26. The number of ether oxygens (including phenoxy) is 1. The van der Waals surface area contributed by atoms with Crippen molar-refractivity contribution in [1.29, 1.82) is 0 Å². The first-order valence-electron chi connectivity index (χ1n) is 6.77. The largest absolute Gasteiger partial charge is 0.354 e. The van der Waals surface area contributed by atoms with E-state index in [9.17, 15) is 13.2 Å². The fourth-order valence-electron chi connectivity index (χ4n) is 2.02. The summed E-state index contributed by atoms with van der Waals surface area (Å²) in [4.78, 5) is 0. The topological polar surface area (TPSA) is 9.23 Å². The van der Waals surface area contributed by atoms with Gasteiger partial charge in [0.25, 0.3) is 0 Å². The minimum Gasteiger partial charge on any atom is -0.354 e. The first-order valence-corrected chi connectivity index (χ1v) is 7.56. The van der Waals surface area contributed by atoms with E-state index in [0.29, 0.717) is 6.42 Å². The average molecular weight is 361 g/mol. The van der Waals surface area contributed by atoms with Crippen LogP contribution in [0, 0.1) is 5.82 Å². The van der Waals surface area contributed by atoms with Crippen molar-refractivity contribution in [3.63, 3.8) is 0 Å². The summed E-state index contributed by atoms with van der Waals surface area (Å²) in [5, 5.41) is 0. The van der Waals surface area contributed by atoms with Crippen LogP contribution in [0.5, 0.6) is 0 Å². The summed E-state index contributed by atoms with van der Waals surface area (Å²) >= 11 is 2.97. The zero-order chi connectivity index (χ0) is 15.5. The maximum Gasteiger partial charge on any atom is 0.309 e. The van der Waals surface area contributed by atoms with Gasteiger partial charge in [0.1, 0.15) is 5.82 Å². The molecule has 1 aromatic carbocycles. The van der Waals surface area contributed by atoms with E-state index in [1.165, 1.54) is 30.4 Å². The number of unbranched alkanes of at least 4 members (excludes halogenated alkanes) is 1. The van der Waals surface area contributed by atoms with Crippen LogP contribution in [0.3, 0.4) is 0 Å². The molecule has 2 rings (SSSR count). The Hall–Kier alpha value is -1.07. The van der Waals surface area contributed by atoms with Gasteiger partial charge < -0.3 is 4.74 Å². The number of rotatable bonds is 5. The van der Waals surface area contributed by atoms with E-state index >= 15 is 0 Å². The maximum atomic E-state index is 14.3. The van der Waals surface area contributed by atoms with E-state index in [1.807, 2.05) is 6.92 Å². The summed E-state index contributed by atoms with van der Waals surface area (Å²) in [7, 11) is 0. The molecule has 0 radical (unpaired) electrons. The zero-order valence-corrected chi connectivity index (χ0v) is 13.2. The quantitative estimate of drug-likeness (QED) is 0.509. The maximum absolute atomic E-state index is 14.3. The SMILES string of the molecule is CCCCOC1(Br)C=CC(c2ccccc2F)=CC1(F)F. The van der Waals surface area contributed by atoms with E-state index in [4.69, 9.17) is 4.74 Å². The van der Waals surface area contributed by atoms with Crippen LogP contribution in [0.4, 0.5) is 13.2 Å². The summed E-state index contributed by atoms with van der Waals surface area (Å²) in [6.07, 6.45) is 4.99. The van der Waals surface area contributed by atoms with Crippen LogP contribution in [-0.2, 0) is 4.74 Å². The lowest BCUT2D eigenvalue weighted by molar-refractivity contribution is -0.0999. The Labute approximate surface area is 130 Å². The fourth-order valence-corrected chi connectivity index (χ4v) is 2.43. The molecule has 0 aromatic heterocycles. The third-order valence-electron chi connectivity index (χ3n) is 3.26. The molecule has 0 aliphatic heterocycles. The van der Waals surface area contributed by atoms with Crippen molar-refractivity contribution in [2.45, 2.75) is 30.2 Å². The molecular formula is C16H16BrF3O. The highest BCUT2D eigenvalue weighted by atomic mass is 79.9. The average Bonchev–Trinajstić information content (AvgIpc) is 2.43. The van der Waals surface area contributed by atoms with Crippen LogP contribution in [-0.4, -0.2) is 17.0 Å². The Kier molecular flexibility index (Phi) is 4.94. The Bertz CT molecular complexity index is 568. The molecule has 0 amide bonds. The summed E-state index contributed by atoms with van der Waals surface area (Å²) in [6.45, 7) is 2.18. The second-order valence-corrected chi connectivity index (χ2v) is 6.06. The summed E-state index contributed by atoms with van der Waals surface area (Å²) in [6, 6.07) is 5.85. The molecule has 0 saturated heterocycles. The number of alkyl halides is 3. The third kappa shape index (κ3) is 3.40. The molecule has 21 heavy (non-hydrogen) atoms. The molecule has 1 nitrogen and oxygen atoms in total. The highest BCUT2D eigenvalue weighted by Gasteiger charge is 2.52. The molecule has 0 spiro atoms. The minimum absolute atomic E-state index is 0.146. The Morgan fingerprint density at radius 3 is 2.57 bits per heavy atom. The molecule has 114 valence electrons. The van der Waals surface area contributed by atoms with Gasteiger partial charge in [-0.2, -0.15) is 8.78 Å². The summed E-state index contributed by atoms with van der Waals surface area (Å²) < 4.78 is 45.8. The predicted octanol–water partition coefficient (Wildman–Crippen LogP) is 5.32. The van der Waals surface area contributed by atoms with Gasteiger partial charge in [-0.1, -0.05) is 37.6 Å². The second kappa shape index (κ2) is 6.36. The molecule has 1 aliphatic carbocycles. The van der Waals surface area contributed by atoms with Gasteiger partial charge in [-0.25, -0.2) is 4.39 Å². The van der Waals surface area contributed by atoms with Crippen LogP contribution < -0.4 is 0 Å². The van der Waals surface area contributed by atoms with Crippen molar-refractivity contribution < 1.29 is 17.9 Å². The number of benzene rings is 1. The van der Waals surface area contributed by atoms with Gasteiger partial charge in [0.15, 0.2) is 0 Å². The Morgan fingerprint density at radius 1 is 1.24 bits per heavy atom. The molecule has 0 fully saturated rings. The first-order chi connectivity index (χ1) is 9.89. The van der Waals surface area contributed by atoms with Crippen LogP contribution in [0.2, 0.25) is 0 Å². The number of allylic oxidation sites excluding steroid dienone is 2. The monoisotopic (exact) mass is 360 g/mol. The highest BCUT2D eigenvalue weighted by molar-refractivity contribution is 9.10. The molecule has 1 aromatic rings. The standard InChI is InChI=1S/C16H16BrF3O/c1-2-3-10-21-15(17)9-8-12(11-16(15,19)20)13-6-4-5-7-14(13)18/h4-9,11H,2-3,10H2,1H3. The Morgan fingerprint density at radius 2 is 1.95 bits per heavy atom. The molecule has 0 bridgehead atoms. The van der Waals surface area contributed by atoms with Gasteiger partial charge >= 0.3 is 5.92 Å². The highest BCUT2D eigenvalue weighted by Crippen LogP contribution is 2.45. The van der Waals surface area contributed by atoms with Gasteiger partial charge in [0.2, 0.25) is 4.51 Å². The van der Waals surface area contributed by atoms with Gasteiger partial charge in [-0.05, 0) is 46.1 Å². The first kappa shape index (κ1) is 16.3. The minimum atomic E-state index is -3.27. The van der Waals surface area contributed by atoms with Crippen molar-refractivity contribution in [1.82, 2.24) is 0 Å². The molecule has 0 saturated carbocycles. The molecular weight excluding hydrogens is 345 g/mol.